The highest BCUT2D eigenvalue weighted by atomic mass is 32.2. The van der Waals surface area contributed by atoms with Crippen molar-refractivity contribution >= 4 is 23.1 Å². The van der Waals surface area contributed by atoms with Crippen LogP contribution in [0.1, 0.15) is 16.1 Å². The van der Waals surface area contributed by atoms with Crippen LogP contribution in [0.4, 0.5) is 30.7 Å². The van der Waals surface area contributed by atoms with Gasteiger partial charge >= 0.3 is 12.4 Å². The van der Waals surface area contributed by atoms with E-state index in [1.54, 1.807) is 13.8 Å². The van der Waals surface area contributed by atoms with Gasteiger partial charge in [0.15, 0.2) is 4.80 Å². The molecule has 27 heavy (non-hydrogen) atoms. The summed E-state index contributed by atoms with van der Waals surface area (Å²) in [6.45, 7) is 3.27. The lowest BCUT2D eigenvalue weighted by Gasteiger charge is -2.14. The fourth-order valence-corrected chi connectivity index (χ4v) is 4.00. The summed E-state index contributed by atoms with van der Waals surface area (Å²) in [6.07, 6.45) is -8.93. The standard InChI is InChI=1S/C16H15F7N2S2/c1-8-4-11(17)12(5-13(8)26-7-16(21,22)23)25-9(2)10(3)27-14(25)24-6-15(18,19)20/h4-5H,6-7H2,1-3H3. The number of thiazole rings is 1. The second-order valence-corrected chi connectivity index (χ2v) is 7.96. The topological polar surface area (TPSA) is 17.3 Å². The van der Waals surface area contributed by atoms with E-state index in [1.807, 2.05) is 0 Å². The molecule has 0 fully saturated rings. The molecule has 0 N–H and O–H groups in total. The first-order valence-electron chi connectivity index (χ1n) is 7.55. The summed E-state index contributed by atoms with van der Waals surface area (Å²) in [7, 11) is 0. The molecule has 0 unspecified atom stereocenters. The van der Waals surface area contributed by atoms with Gasteiger partial charge in [0, 0.05) is 15.5 Å². The van der Waals surface area contributed by atoms with Crippen LogP contribution < -0.4 is 4.80 Å². The van der Waals surface area contributed by atoms with Crippen molar-refractivity contribution in [3.63, 3.8) is 0 Å². The average molecular weight is 432 g/mol. The van der Waals surface area contributed by atoms with Crippen molar-refractivity contribution in [1.82, 2.24) is 4.57 Å². The molecule has 2 rings (SSSR count). The molecule has 0 spiro atoms. The Kier molecular flexibility index (Phi) is 6.35. The lowest BCUT2D eigenvalue weighted by atomic mass is 10.2. The third-order valence-corrected chi connectivity index (χ3v) is 5.87. The Morgan fingerprint density at radius 1 is 1.04 bits per heavy atom. The fraction of sp³-hybridized carbons (Fsp3) is 0.438. The third-order valence-electron chi connectivity index (χ3n) is 3.55. The number of rotatable bonds is 4. The minimum Gasteiger partial charge on any atom is -0.287 e. The minimum atomic E-state index is -4.52. The van der Waals surface area contributed by atoms with Crippen molar-refractivity contribution in [2.24, 2.45) is 4.99 Å². The molecule has 0 aliphatic carbocycles. The van der Waals surface area contributed by atoms with Crippen molar-refractivity contribution in [2.45, 2.75) is 38.0 Å². The van der Waals surface area contributed by atoms with E-state index in [4.69, 9.17) is 0 Å². The zero-order valence-corrected chi connectivity index (χ0v) is 16.1. The zero-order chi connectivity index (χ0) is 20.6. The maximum absolute atomic E-state index is 14.5. The van der Waals surface area contributed by atoms with E-state index in [1.165, 1.54) is 17.6 Å². The number of hydrogen-bond acceptors (Lipinski definition) is 3. The van der Waals surface area contributed by atoms with Gasteiger partial charge in [-0.15, -0.1) is 23.1 Å². The molecule has 11 heteroatoms. The highest BCUT2D eigenvalue weighted by Crippen LogP contribution is 2.32. The Morgan fingerprint density at radius 3 is 2.22 bits per heavy atom. The molecule has 0 atom stereocenters. The van der Waals surface area contributed by atoms with Gasteiger partial charge in [-0.1, -0.05) is 0 Å². The van der Waals surface area contributed by atoms with Crippen molar-refractivity contribution < 1.29 is 30.7 Å². The van der Waals surface area contributed by atoms with Crippen molar-refractivity contribution in [1.29, 1.82) is 0 Å². The second-order valence-electron chi connectivity index (χ2n) is 5.77. The second kappa shape index (κ2) is 7.86. The van der Waals surface area contributed by atoms with Crippen LogP contribution >= 0.6 is 23.1 Å². The quantitative estimate of drug-likeness (QED) is 0.446. The largest absolute Gasteiger partial charge is 0.408 e. The van der Waals surface area contributed by atoms with Crippen molar-refractivity contribution in [3.05, 3.63) is 38.9 Å². The first kappa shape index (κ1) is 21.8. The predicted molar refractivity (Wildman–Crippen MR) is 91.1 cm³/mol. The lowest BCUT2D eigenvalue weighted by Crippen LogP contribution is -2.20. The summed E-state index contributed by atoms with van der Waals surface area (Å²) in [5, 5.41) is 0. The molecule has 0 radical (unpaired) electrons. The number of aromatic nitrogens is 1. The van der Waals surface area contributed by atoms with Crippen LogP contribution in [0, 0.1) is 26.6 Å². The molecule has 0 amide bonds. The van der Waals surface area contributed by atoms with Gasteiger partial charge in [-0.05, 0) is 38.5 Å². The molecule has 0 aliphatic heterocycles. The maximum atomic E-state index is 14.5. The van der Waals surface area contributed by atoms with Gasteiger partial charge in [0.05, 0.1) is 11.4 Å². The number of benzene rings is 1. The summed E-state index contributed by atoms with van der Waals surface area (Å²) in [5.74, 6) is -1.91. The van der Waals surface area contributed by atoms with Crippen LogP contribution in [0.25, 0.3) is 5.69 Å². The molecular weight excluding hydrogens is 417 g/mol. The van der Waals surface area contributed by atoms with Gasteiger partial charge in [-0.3, -0.25) is 4.57 Å². The summed E-state index contributed by atoms with van der Waals surface area (Å²) < 4.78 is 90.8. The number of halogens is 7. The molecule has 2 aromatic rings. The molecule has 150 valence electrons. The summed E-state index contributed by atoms with van der Waals surface area (Å²) >= 11 is 1.45. The van der Waals surface area contributed by atoms with E-state index < -0.39 is 30.5 Å². The molecule has 1 aromatic heterocycles. The van der Waals surface area contributed by atoms with Crippen LogP contribution in [0.2, 0.25) is 0 Å². The Bertz CT molecular complexity index is 892. The molecule has 0 saturated heterocycles. The van der Waals surface area contributed by atoms with Crippen molar-refractivity contribution in [3.8, 4) is 5.69 Å². The highest BCUT2D eigenvalue weighted by Gasteiger charge is 2.28. The van der Waals surface area contributed by atoms with Crippen LogP contribution in [0.5, 0.6) is 0 Å². The molecule has 0 aliphatic rings. The Labute approximate surface area is 158 Å². The first-order valence-corrected chi connectivity index (χ1v) is 9.35. The Balaban J connectivity index is 2.58. The van der Waals surface area contributed by atoms with Gasteiger partial charge < -0.3 is 0 Å². The third kappa shape index (κ3) is 5.74. The number of nitrogens with zero attached hydrogens (tertiary/aromatic N) is 2. The lowest BCUT2D eigenvalue weighted by molar-refractivity contribution is -0.118. The van der Waals surface area contributed by atoms with Crippen LogP contribution in [-0.4, -0.2) is 29.2 Å². The highest BCUT2D eigenvalue weighted by molar-refractivity contribution is 7.99. The van der Waals surface area contributed by atoms with E-state index in [2.05, 4.69) is 4.99 Å². The molecule has 1 aromatic carbocycles. The zero-order valence-electron chi connectivity index (χ0n) is 14.4. The summed E-state index contributed by atoms with van der Waals surface area (Å²) in [6, 6.07) is 2.29. The fourth-order valence-electron chi connectivity index (χ4n) is 2.23. The minimum absolute atomic E-state index is 0.0724. The number of hydrogen-bond donors (Lipinski definition) is 0. The number of alkyl halides is 6. The normalized spacial score (nSPS) is 13.5. The van der Waals surface area contributed by atoms with Crippen molar-refractivity contribution in [2.75, 3.05) is 12.3 Å². The Hall–Kier alpha value is -1.49. The van der Waals surface area contributed by atoms with Crippen LogP contribution in [-0.2, 0) is 0 Å². The van der Waals surface area contributed by atoms with Gasteiger partial charge in [0.2, 0.25) is 0 Å². The van der Waals surface area contributed by atoms with Gasteiger partial charge in [0.1, 0.15) is 12.4 Å². The van der Waals surface area contributed by atoms with E-state index in [-0.39, 0.29) is 15.4 Å². The number of aryl methyl sites for hydroxylation is 2. The van der Waals surface area contributed by atoms with Crippen LogP contribution in [0.15, 0.2) is 22.0 Å². The SMILES string of the molecule is Cc1cc(F)c(-n2c(C)c(C)sc2=NCC(F)(F)F)cc1SCC(F)(F)F. The summed E-state index contributed by atoms with van der Waals surface area (Å²) in [5.41, 5.74) is 0.646. The molecule has 0 saturated carbocycles. The Morgan fingerprint density at radius 2 is 1.67 bits per heavy atom. The maximum Gasteiger partial charge on any atom is 0.408 e. The first-order chi connectivity index (χ1) is 12.3. The van der Waals surface area contributed by atoms with Crippen LogP contribution in [0.3, 0.4) is 0 Å². The van der Waals surface area contributed by atoms with E-state index in [0.29, 0.717) is 27.9 Å². The van der Waals surface area contributed by atoms with Gasteiger partial charge in [0.25, 0.3) is 0 Å². The molecule has 1 heterocycles. The van der Waals surface area contributed by atoms with E-state index >= 15 is 0 Å². The average Bonchev–Trinajstić information content (AvgIpc) is 2.78. The molecule has 2 nitrogen and oxygen atoms in total. The van der Waals surface area contributed by atoms with E-state index in [9.17, 15) is 30.7 Å². The summed E-state index contributed by atoms with van der Waals surface area (Å²) in [4.78, 5) is 4.27. The van der Waals surface area contributed by atoms with E-state index in [0.717, 1.165) is 17.4 Å². The smallest absolute Gasteiger partial charge is 0.287 e. The van der Waals surface area contributed by atoms with Gasteiger partial charge in [-0.25, -0.2) is 9.38 Å². The number of thioether (sulfide) groups is 1. The molecule has 0 bridgehead atoms. The monoisotopic (exact) mass is 432 g/mol. The molecular formula is C16H15F7N2S2. The predicted octanol–water partition coefficient (Wildman–Crippen LogP) is 5.72. The van der Waals surface area contributed by atoms with Gasteiger partial charge in [-0.2, -0.15) is 26.3 Å².